The van der Waals surface area contributed by atoms with E-state index in [1.54, 1.807) is 25.1 Å². The summed E-state index contributed by atoms with van der Waals surface area (Å²) in [4.78, 5) is 51.5. The van der Waals surface area contributed by atoms with Gasteiger partial charge in [0.1, 0.15) is 12.1 Å². The highest BCUT2D eigenvalue weighted by atomic mass is 32.2. The fraction of sp³-hybridized carbons (Fsp3) is 0.500. The summed E-state index contributed by atoms with van der Waals surface area (Å²) in [6, 6.07) is 5.56. The molecule has 220 valence electrons. The summed E-state index contributed by atoms with van der Waals surface area (Å²) in [6.07, 6.45) is 1.21. The molecule has 0 saturated carbocycles. The van der Waals surface area contributed by atoms with Crippen molar-refractivity contribution in [2.45, 2.75) is 77.4 Å². The molecular weight excluding hydrogens is 536 g/mol. The molecule has 0 radical (unpaired) electrons. The second kappa shape index (κ2) is 14.8. The second-order valence-electron chi connectivity index (χ2n) is 10.7. The normalized spacial score (nSPS) is 13.9. The van der Waals surface area contributed by atoms with Gasteiger partial charge in [0, 0.05) is 6.54 Å². The van der Waals surface area contributed by atoms with E-state index in [4.69, 9.17) is 4.42 Å². The van der Waals surface area contributed by atoms with Gasteiger partial charge in [0.05, 0.1) is 23.6 Å². The van der Waals surface area contributed by atoms with Gasteiger partial charge in [-0.1, -0.05) is 45.4 Å². The Morgan fingerprint density at radius 3 is 2.05 bits per heavy atom. The fourth-order valence-corrected chi connectivity index (χ4v) is 4.90. The van der Waals surface area contributed by atoms with Crippen LogP contribution >= 0.6 is 0 Å². The van der Waals surface area contributed by atoms with Crippen LogP contribution in [0.4, 0.5) is 0 Å². The fourth-order valence-electron chi connectivity index (χ4n) is 3.71. The van der Waals surface area contributed by atoms with E-state index in [1.165, 1.54) is 31.4 Å². The van der Waals surface area contributed by atoms with Gasteiger partial charge in [-0.3, -0.25) is 19.2 Å². The summed E-state index contributed by atoms with van der Waals surface area (Å²) in [7, 11) is -4.17. The number of carbonyl (C=O) groups excluding carboxylic acids is 4. The van der Waals surface area contributed by atoms with Crippen LogP contribution in [0.1, 0.15) is 63.6 Å². The summed E-state index contributed by atoms with van der Waals surface area (Å²) in [5.74, 6) is -2.14. The van der Waals surface area contributed by atoms with Gasteiger partial charge < -0.3 is 20.4 Å². The lowest BCUT2D eigenvalue weighted by atomic mass is 9.98. The van der Waals surface area contributed by atoms with E-state index in [9.17, 15) is 27.6 Å². The van der Waals surface area contributed by atoms with Crippen LogP contribution in [0.15, 0.2) is 52.0 Å². The predicted octanol–water partition coefficient (Wildman–Crippen LogP) is 2.32. The van der Waals surface area contributed by atoms with Crippen LogP contribution in [0, 0.1) is 18.8 Å². The number of furan rings is 1. The average Bonchev–Trinajstić information content (AvgIpc) is 3.41. The first-order chi connectivity index (χ1) is 18.7. The molecular formula is C28H40N4O7S. The third-order valence-corrected chi connectivity index (χ3v) is 7.39. The highest BCUT2D eigenvalue weighted by Gasteiger charge is 2.32. The number of carbonyl (C=O) groups is 4. The topological polar surface area (TPSA) is 164 Å². The van der Waals surface area contributed by atoms with Gasteiger partial charge in [-0.2, -0.15) is 4.72 Å². The number of sulfonamides is 1. The lowest BCUT2D eigenvalue weighted by Crippen LogP contribution is -2.55. The molecule has 2 aromatic rings. The molecule has 1 aromatic carbocycles. The van der Waals surface area contributed by atoms with Crippen LogP contribution in [-0.2, 0) is 24.4 Å². The number of rotatable bonds is 15. The van der Waals surface area contributed by atoms with Gasteiger partial charge in [0.25, 0.3) is 0 Å². The molecule has 3 amide bonds. The van der Waals surface area contributed by atoms with Crippen LogP contribution in [0.3, 0.4) is 0 Å². The van der Waals surface area contributed by atoms with E-state index in [0.29, 0.717) is 13.0 Å². The Kier molecular flexibility index (Phi) is 12.1. The minimum Gasteiger partial charge on any atom is -0.461 e. The molecule has 0 spiro atoms. The summed E-state index contributed by atoms with van der Waals surface area (Å²) in [6.45, 7) is 11.1. The van der Waals surface area contributed by atoms with Crippen LogP contribution in [0.25, 0.3) is 0 Å². The van der Waals surface area contributed by atoms with E-state index in [-0.39, 0.29) is 22.5 Å². The van der Waals surface area contributed by atoms with E-state index < -0.39 is 58.1 Å². The molecule has 0 saturated heterocycles. The van der Waals surface area contributed by atoms with Crippen LogP contribution < -0.4 is 20.7 Å². The summed E-state index contributed by atoms with van der Waals surface area (Å²) >= 11 is 0. The largest absolute Gasteiger partial charge is 0.461 e. The van der Waals surface area contributed by atoms with Crippen LogP contribution in [0.2, 0.25) is 0 Å². The maximum absolute atomic E-state index is 13.2. The summed E-state index contributed by atoms with van der Waals surface area (Å²) in [5.41, 5.74) is 0.849. The first-order valence-corrected chi connectivity index (χ1v) is 14.7. The highest BCUT2D eigenvalue weighted by molar-refractivity contribution is 7.89. The summed E-state index contributed by atoms with van der Waals surface area (Å²) < 4.78 is 33.5. The summed E-state index contributed by atoms with van der Waals surface area (Å²) in [5, 5.41) is 7.79. The molecule has 11 nitrogen and oxygen atoms in total. The highest BCUT2D eigenvalue weighted by Crippen LogP contribution is 2.14. The van der Waals surface area contributed by atoms with Crippen molar-refractivity contribution in [3.05, 3.63) is 54.0 Å². The number of hydrogen-bond donors (Lipinski definition) is 4. The Bertz CT molecular complexity index is 1260. The van der Waals surface area contributed by atoms with Crippen molar-refractivity contribution in [1.29, 1.82) is 0 Å². The molecule has 0 unspecified atom stereocenters. The number of ketones is 1. The Morgan fingerprint density at radius 2 is 1.50 bits per heavy atom. The molecule has 0 aliphatic carbocycles. The molecule has 2 rings (SSSR count). The Morgan fingerprint density at radius 1 is 0.850 bits per heavy atom. The zero-order valence-corrected chi connectivity index (χ0v) is 24.6. The van der Waals surface area contributed by atoms with E-state index in [0.717, 1.165) is 5.56 Å². The molecule has 0 fully saturated rings. The molecule has 3 atom stereocenters. The first kappa shape index (κ1) is 32.7. The molecule has 4 N–H and O–H groups in total. The monoisotopic (exact) mass is 576 g/mol. The zero-order chi connectivity index (χ0) is 30.0. The standard InChI is InChI=1S/C28H40N4O7S/c1-17(2)14-22(26(34)24-8-7-13-39-24)31-27(35)20(6)30-28(36)23(15-25(33)29-16-18(3)4)32-40(37,38)21-11-9-19(5)10-12-21/h7-13,17-18,20,22-23,32H,14-16H2,1-6H3,(H,29,33)(H,30,36)(H,31,35)/t20-,22-,23-/m0/s1. The Labute approximate surface area is 235 Å². The van der Waals surface area contributed by atoms with Crippen molar-refractivity contribution in [2.24, 2.45) is 11.8 Å². The third kappa shape index (κ3) is 10.2. The molecule has 0 aliphatic rings. The second-order valence-corrected chi connectivity index (χ2v) is 12.4. The smallest absolute Gasteiger partial charge is 0.242 e. The minimum atomic E-state index is -4.17. The third-order valence-electron chi connectivity index (χ3n) is 5.90. The SMILES string of the molecule is Cc1ccc(S(=O)(=O)N[C@@H](CC(=O)NCC(C)C)C(=O)N[C@@H](C)C(=O)N[C@@H](CC(C)C)C(=O)c2ccco2)cc1. The van der Waals surface area contributed by atoms with Crippen molar-refractivity contribution in [3.63, 3.8) is 0 Å². The average molecular weight is 577 g/mol. The zero-order valence-electron chi connectivity index (χ0n) is 23.8. The van der Waals surface area contributed by atoms with Gasteiger partial charge in [0.15, 0.2) is 5.76 Å². The lowest BCUT2D eigenvalue weighted by molar-refractivity contribution is -0.131. The quantitative estimate of drug-likeness (QED) is 0.236. The maximum atomic E-state index is 13.2. The van der Waals surface area contributed by atoms with E-state index in [2.05, 4.69) is 20.7 Å². The van der Waals surface area contributed by atoms with Gasteiger partial charge in [0.2, 0.25) is 33.5 Å². The van der Waals surface area contributed by atoms with Crippen LogP contribution in [-0.4, -0.2) is 56.6 Å². The van der Waals surface area contributed by atoms with Gasteiger partial charge in [-0.25, -0.2) is 8.42 Å². The van der Waals surface area contributed by atoms with Crippen molar-refractivity contribution in [2.75, 3.05) is 6.54 Å². The number of aryl methyl sites for hydroxylation is 1. The predicted molar refractivity (Wildman–Crippen MR) is 150 cm³/mol. The number of amides is 3. The van der Waals surface area contributed by atoms with Crippen molar-refractivity contribution >= 4 is 33.5 Å². The number of nitrogens with one attached hydrogen (secondary N) is 4. The van der Waals surface area contributed by atoms with Gasteiger partial charge in [-0.15, -0.1) is 0 Å². The first-order valence-electron chi connectivity index (χ1n) is 13.2. The molecule has 12 heteroatoms. The Balaban J connectivity index is 2.18. The lowest BCUT2D eigenvalue weighted by Gasteiger charge is -2.23. The van der Waals surface area contributed by atoms with Crippen molar-refractivity contribution in [3.8, 4) is 0 Å². The van der Waals surface area contributed by atoms with Crippen molar-refractivity contribution < 1.29 is 32.0 Å². The molecule has 1 heterocycles. The molecule has 0 aliphatic heterocycles. The maximum Gasteiger partial charge on any atom is 0.242 e. The number of hydrogen-bond acceptors (Lipinski definition) is 7. The van der Waals surface area contributed by atoms with Gasteiger partial charge in [-0.05, 0) is 56.4 Å². The van der Waals surface area contributed by atoms with Crippen LogP contribution in [0.5, 0.6) is 0 Å². The number of Topliss-reactive ketones (excluding diaryl/α,β-unsaturated/α-hetero) is 1. The van der Waals surface area contributed by atoms with E-state index >= 15 is 0 Å². The minimum absolute atomic E-state index is 0.0685. The molecule has 40 heavy (non-hydrogen) atoms. The molecule has 1 aromatic heterocycles. The van der Waals surface area contributed by atoms with Gasteiger partial charge >= 0.3 is 0 Å². The van der Waals surface area contributed by atoms with E-state index in [1.807, 2.05) is 27.7 Å². The van der Waals surface area contributed by atoms with Crippen molar-refractivity contribution in [1.82, 2.24) is 20.7 Å². The Hall–Kier alpha value is -3.51. The molecule has 0 bridgehead atoms. The number of benzene rings is 1.